The van der Waals surface area contributed by atoms with Crippen LogP contribution in [-0.4, -0.2) is 61.7 Å². The number of aliphatic imine (C=N–C) groups is 2. The quantitative estimate of drug-likeness (QED) is 0.518. The van der Waals surface area contributed by atoms with Crippen LogP contribution in [0.3, 0.4) is 0 Å². The fourth-order valence-corrected chi connectivity index (χ4v) is 3.46. The fourth-order valence-electron chi connectivity index (χ4n) is 3.46. The Balaban J connectivity index is 1.55. The number of likely N-dealkylation sites (tertiary alicyclic amines) is 1. The minimum atomic E-state index is -0.453. The Labute approximate surface area is 171 Å². The molecule has 4 N–H and O–H groups in total. The first kappa shape index (κ1) is 20.8. The van der Waals surface area contributed by atoms with Gasteiger partial charge in [0.05, 0.1) is 12.1 Å². The van der Waals surface area contributed by atoms with Gasteiger partial charge < -0.3 is 26.1 Å². The second-order valence-corrected chi connectivity index (χ2v) is 7.51. The molecule has 2 amide bonds. The number of benzene rings is 1. The average molecular weight is 399 g/mol. The van der Waals surface area contributed by atoms with Crippen molar-refractivity contribution < 1.29 is 9.63 Å². The molecule has 0 spiro atoms. The molecule has 3 atom stereocenters. The van der Waals surface area contributed by atoms with Crippen LogP contribution in [0.15, 0.2) is 39.4 Å². The van der Waals surface area contributed by atoms with Crippen molar-refractivity contribution in [3.63, 3.8) is 0 Å². The Morgan fingerprint density at radius 2 is 2.14 bits per heavy atom. The lowest BCUT2D eigenvalue weighted by Crippen LogP contribution is -2.47. The molecule has 3 unspecified atom stereocenters. The van der Waals surface area contributed by atoms with Gasteiger partial charge in [-0.15, -0.1) is 0 Å². The van der Waals surface area contributed by atoms with Crippen LogP contribution in [-0.2, 0) is 4.84 Å². The van der Waals surface area contributed by atoms with Crippen LogP contribution in [0.2, 0.25) is 0 Å². The fraction of sp³-hybridized carbons (Fsp3) is 0.500. The number of anilines is 1. The largest absolute Gasteiger partial charge is 0.399 e. The number of nitrogens with zero attached hydrogens (tertiary/aromatic N) is 4. The number of amidine groups is 1. The lowest BCUT2D eigenvalue weighted by Gasteiger charge is -2.29. The predicted octanol–water partition coefficient (Wildman–Crippen LogP) is 1.98. The Hall–Kier alpha value is -2.94. The van der Waals surface area contributed by atoms with E-state index in [1.165, 1.54) is 19.0 Å². The van der Waals surface area contributed by atoms with Gasteiger partial charge in [-0.25, -0.2) is 9.79 Å². The molecule has 1 aromatic carbocycles. The summed E-state index contributed by atoms with van der Waals surface area (Å²) in [6, 6.07) is 7.72. The summed E-state index contributed by atoms with van der Waals surface area (Å²) in [7, 11) is 1.48. The van der Waals surface area contributed by atoms with Crippen molar-refractivity contribution in [3.05, 3.63) is 29.8 Å². The molecule has 2 aliphatic rings. The van der Waals surface area contributed by atoms with Gasteiger partial charge in [-0.05, 0) is 30.0 Å². The number of hydrogen-bond acceptors (Lipinski definition) is 7. The van der Waals surface area contributed by atoms with E-state index in [1.807, 2.05) is 24.3 Å². The van der Waals surface area contributed by atoms with Crippen LogP contribution in [0, 0.1) is 5.92 Å². The highest BCUT2D eigenvalue weighted by Crippen LogP contribution is 2.19. The van der Waals surface area contributed by atoms with E-state index in [2.05, 4.69) is 44.5 Å². The number of nitrogens with two attached hydrogens (primary N) is 1. The Morgan fingerprint density at radius 3 is 2.83 bits per heavy atom. The Kier molecular flexibility index (Phi) is 6.82. The van der Waals surface area contributed by atoms with E-state index in [0.29, 0.717) is 12.5 Å². The van der Waals surface area contributed by atoms with Crippen molar-refractivity contribution in [3.8, 4) is 0 Å². The first-order valence-electron chi connectivity index (χ1n) is 9.82. The van der Waals surface area contributed by atoms with Crippen molar-refractivity contribution in [1.29, 1.82) is 0 Å². The molecule has 9 nitrogen and oxygen atoms in total. The number of carbonyl (C=O) groups is 1. The van der Waals surface area contributed by atoms with Crippen LogP contribution in [0.5, 0.6) is 0 Å². The van der Waals surface area contributed by atoms with Crippen molar-refractivity contribution in [1.82, 2.24) is 10.2 Å². The van der Waals surface area contributed by atoms with Gasteiger partial charge in [0.2, 0.25) is 0 Å². The number of hydrogen-bond donors (Lipinski definition) is 3. The summed E-state index contributed by atoms with van der Waals surface area (Å²) in [4.78, 5) is 27.8. The molecule has 2 heterocycles. The topological polar surface area (TPSA) is 117 Å². The Morgan fingerprint density at radius 1 is 1.38 bits per heavy atom. The molecule has 0 aromatic heterocycles. The zero-order valence-electron chi connectivity index (χ0n) is 17.1. The molecule has 1 saturated heterocycles. The molecular formula is C20H29N7O2. The van der Waals surface area contributed by atoms with Crippen molar-refractivity contribution in [2.45, 2.75) is 38.4 Å². The van der Waals surface area contributed by atoms with E-state index in [1.54, 1.807) is 6.21 Å². The first-order chi connectivity index (χ1) is 14.0. The molecule has 0 saturated carbocycles. The molecule has 1 aromatic rings. The Bertz CT molecular complexity index is 789. The third-order valence-electron chi connectivity index (χ3n) is 5.10. The summed E-state index contributed by atoms with van der Waals surface area (Å²) in [5.41, 5.74) is 8.09. The molecule has 1 fully saturated rings. The van der Waals surface area contributed by atoms with Gasteiger partial charge in [-0.1, -0.05) is 31.1 Å². The number of amides is 2. The second kappa shape index (κ2) is 9.51. The van der Waals surface area contributed by atoms with Gasteiger partial charge in [0, 0.05) is 24.8 Å². The van der Waals surface area contributed by atoms with Crippen LogP contribution >= 0.6 is 0 Å². The number of rotatable bonds is 5. The highest BCUT2D eigenvalue weighted by atomic mass is 16.6. The first-order valence-corrected chi connectivity index (χ1v) is 9.82. The van der Waals surface area contributed by atoms with Crippen LogP contribution in [0.4, 0.5) is 10.5 Å². The van der Waals surface area contributed by atoms with E-state index >= 15 is 0 Å². The van der Waals surface area contributed by atoms with Gasteiger partial charge in [0.25, 0.3) is 0 Å². The van der Waals surface area contributed by atoms with Crippen LogP contribution < -0.4 is 16.4 Å². The molecule has 0 bridgehead atoms. The molecular weight excluding hydrogens is 370 g/mol. The third-order valence-corrected chi connectivity index (χ3v) is 5.10. The summed E-state index contributed by atoms with van der Waals surface area (Å²) in [5, 5.41) is 9.76. The number of nitrogens with one attached hydrogen (secondary N) is 2. The zero-order valence-corrected chi connectivity index (χ0v) is 17.1. The zero-order chi connectivity index (χ0) is 20.8. The van der Waals surface area contributed by atoms with E-state index in [4.69, 9.17) is 10.6 Å². The van der Waals surface area contributed by atoms with Gasteiger partial charge in [0.1, 0.15) is 25.4 Å². The van der Waals surface area contributed by atoms with Crippen molar-refractivity contribution in [2.75, 3.05) is 25.5 Å². The molecule has 0 radical (unpaired) electrons. The van der Waals surface area contributed by atoms with Gasteiger partial charge >= 0.3 is 6.03 Å². The normalized spacial score (nSPS) is 24.1. The van der Waals surface area contributed by atoms with Gasteiger partial charge in [-0.2, -0.15) is 0 Å². The number of urea groups is 1. The smallest absolute Gasteiger partial charge is 0.319 e. The van der Waals surface area contributed by atoms with E-state index in [0.717, 1.165) is 24.5 Å². The summed E-state index contributed by atoms with van der Waals surface area (Å²) in [6.07, 6.45) is 3.46. The highest BCUT2D eigenvalue weighted by Gasteiger charge is 2.33. The minimum absolute atomic E-state index is 0.0164. The van der Waals surface area contributed by atoms with E-state index in [-0.39, 0.29) is 18.0 Å². The lowest BCUT2D eigenvalue weighted by molar-refractivity contribution is 0.213. The highest BCUT2D eigenvalue weighted by molar-refractivity contribution is 6.02. The lowest BCUT2D eigenvalue weighted by atomic mass is 10.0. The summed E-state index contributed by atoms with van der Waals surface area (Å²) in [6.45, 7) is 5.70. The van der Waals surface area contributed by atoms with E-state index in [9.17, 15) is 4.79 Å². The number of oxime groups is 1. The molecule has 2 aliphatic heterocycles. The molecule has 3 rings (SSSR count). The maximum absolute atomic E-state index is 12.4. The minimum Gasteiger partial charge on any atom is -0.399 e. The molecule has 156 valence electrons. The molecule has 9 heteroatoms. The maximum atomic E-state index is 12.4. The van der Waals surface area contributed by atoms with Crippen molar-refractivity contribution in [2.24, 2.45) is 26.8 Å². The average Bonchev–Trinajstić information content (AvgIpc) is 3.15. The standard InChI is InChI=1S/C20H29N7O2/c1-13(2)14-4-6-15(7-5-14)25-20(28)26-16-8-9-27(11-16)19-17(10-24-29-3)18(21)22-12-23-19/h4-7,10,12-13,16-18H,8-9,11,21H2,1-3H3,(H2,25,26,28)/b24-10+. The van der Waals surface area contributed by atoms with E-state index < -0.39 is 6.17 Å². The summed E-state index contributed by atoms with van der Waals surface area (Å²) >= 11 is 0. The van der Waals surface area contributed by atoms with Crippen LogP contribution in [0.1, 0.15) is 31.7 Å². The number of carbonyl (C=O) groups excluding carboxylic acids is 1. The summed E-state index contributed by atoms with van der Waals surface area (Å²) < 4.78 is 0. The van der Waals surface area contributed by atoms with Gasteiger partial charge in [-0.3, -0.25) is 4.99 Å². The van der Waals surface area contributed by atoms with Crippen molar-refractivity contribution >= 4 is 30.1 Å². The molecule has 29 heavy (non-hydrogen) atoms. The SMILES string of the molecule is CO/N=C/C1C(N2CCC(NC(=O)Nc3ccc(C(C)C)cc3)C2)=NC=NC1N. The summed E-state index contributed by atoms with van der Waals surface area (Å²) in [5.74, 6) is 0.996. The molecule has 0 aliphatic carbocycles. The van der Waals surface area contributed by atoms with Gasteiger partial charge in [0.15, 0.2) is 0 Å². The maximum Gasteiger partial charge on any atom is 0.319 e. The third kappa shape index (κ3) is 5.32. The second-order valence-electron chi connectivity index (χ2n) is 7.51. The predicted molar refractivity (Wildman–Crippen MR) is 116 cm³/mol. The van der Waals surface area contributed by atoms with Crippen LogP contribution in [0.25, 0.3) is 0 Å². The monoisotopic (exact) mass is 399 g/mol.